The molecule has 1 fully saturated rings. The van der Waals surface area contributed by atoms with Gasteiger partial charge in [0.05, 0.1) is 0 Å². The Kier molecular flexibility index (Phi) is 11.1. The van der Waals surface area contributed by atoms with Crippen LogP contribution in [0.3, 0.4) is 0 Å². The summed E-state index contributed by atoms with van der Waals surface area (Å²) in [4.78, 5) is 3.71. The zero-order valence-electron chi connectivity index (χ0n) is 18.8. The average molecular weight is 390 g/mol. The van der Waals surface area contributed by atoms with Gasteiger partial charge in [-0.1, -0.05) is 79.0 Å². The summed E-state index contributed by atoms with van der Waals surface area (Å²) < 4.78 is 12.0. The third-order valence-corrected chi connectivity index (χ3v) is 5.37. The molecule has 1 saturated carbocycles. The molecule has 0 aliphatic heterocycles. The SMILES string of the molecule is CC.CC(C)(C)C1CCCCC1.CCNCc1ccc2cc(OF)ccc2c1. The summed E-state index contributed by atoms with van der Waals surface area (Å²) in [6.45, 7) is 15.0. The van der Waals surface area contributed by atoms with Gasteiger partial charge in [-0.05, 0) is 65.3 Å². The Balaban J connectivity index is 0.000000281. The molecule has 0 aromatic heterocycles. The van der Waals surface area contributed by atoms with E-state index >= 15 is 0 Å². The Morgan fingerprint density at radius 3 is 2.11 bits per heavy atom. The normalized spacial score (nSPS) is 14.5. The highest BCUT2D eigenvalue weighted by Crippen LogP contribution is 2.37. The molecule has 1 aliphatic rings. The van der Waals surface area contributed by atoms with E-state index in [9.17, 15) is 4.53 Å². The first kappa shape index (κ1) is 24.4. The maximum Gasteiger partial charge on any atom is 0.172 e. The molecule has 3 rings (SSSR count). The minimum Gasteiger partial charge on any atom is -0.313 e. The van der Waals surface area contributed by atoms with Crippen LogP contribution in [0.4, 0.5) is 4.53 Å². The van der Waals surface area contributed by atoms with Crippen LogP contribution in [0, 0.1) is 11.3 Å². The van der Waals surface area contributed by atoms with Gasteiger partial charge in [0.15, 0.2) is 5.75 Å². The van der Waals surface area contributed by atoms with Gasteiger partial charge >= 0.3 is 0 Å². The van der Waals surface area contributed by atoms with Crippen LogP contribution in [-0.4, -0.2) is 6.54 Å². The Hall–Kier alpha value is -1.61. The maximum atomic E-state index is 12.0. The lowest BCUT2D eigenvalue weighted by Crippen LogP contribution is -2.22. The smallest absolute Gasteiger partial charge is 0.172 e. The van der Waals surface area contributed by atoms with E-state index in [0.717, 1.165) is 29.8 Å². The van der Waals surface area contributed by atoms with Gasteiger partial charge in [-0.15, -0.1) is 0 Å². The van der Waals surface area contributed by atoms with E-state index in [2.05, 4.69) is 44.0 Å². The molecule has 2 nitrogen and oxygen atoms in total. The van der Waals surface area contributed by atoms with Gasteiger partial charge in [0.1, 0.15) is 0 Å². The summed E-state index contributed by atoms with van der Waals surface area (Å²) in [6, 6.07) is 11.3. The first-order valence-electron chi connectivity index (χ1n) is 11.0. The standard InChI is InChI=1S/C13H14FNO.C10H20.C2H6/c1-2-15-9-10-3-4-12-8-13(16-14)6-5-11(12)7-10;1-10(2,3)9-7-5-4-6-8-9;1-2/h3-8,15H,2,9H2,1H3;9H,4-8H2,1-3H3;1-2H3. The Labute approximate surface area is 171 Å². The molecule has 0 bridgehead atoms. The number of fused-ring (bicyclic) bond motifs is 1. The van der Waals surface area contributed by atoms with Crippen molar-refractivity contribution >= 4 is 10.8 Å². The van der Waals surface area contributed by atoms with Crippen LogP contribution in [0.1, 0.15) is 79.2 Å². The second kappa shape index (κ2) is 12.8. The number of benzene rings is 2. The summed E-state index contributed by atoms with van der Waals surface area (Å²) in [5, 5.41) is 5.34. The van der Waals surface area contributed by atoms with Crippen LogP contribution < -0.4 is 10.3 Å². The van der Waals surface area contributed by atoms with Crippen molar-refractivity contribution in [1.29, 1.82) is 0 Å². The lowest BCUT2D eigenvalue weighted by molar-refractivity contribution is -0.00603. The third-order valence-electron chi connectivity index (χ3n) is 5.37. The molecule has 0 unspecified atom stereocenters. The number of hydrogen-bond donors (Lipinski definition) is 1. The molecule has 0 amide bonds. The van der Waals surface area contributed by atoms with Crippen LogP contribution >= 0.6 is 0 Å². The molecule has 0 saturated heterocycles. The highest BCUT2D eigenvalue weighted by atomic mass is 19.3. The minimum absolute atomic E-state index is 0.243. The zero-order chi connectivity index (χ0) is 21.0. The van der Waals surface area contributed by atoms with Crippen LogP contribution in [-0.2, 0) is 6.54 Å². The summed E-state index contributed by atoms with van der Waals surface area (Å²) in [5.74, 6) is 1.24. The molecule has 1 aliphatic carbocycles. The van der Waals surface area contributed by atoms with Crippen LogP contribution in [0.15, 0.2) is 36.4 Å². The van der Waals surface area contributed by atoms with Gasteiger partial charge in [-0.2, -0.15) is 0 Å². The van der Waals surface area contributed by atoms with Crippen LogP contribution in [0.25, 0.3) is 10.8 Å². The Morgan fingerprint density at radius 1 is 0.964 bits per heavy atom. The fourth-order valence-electron chi connectivity index (χ4n) is 3.67. The highest BCUT2D eigenvalue weighted by molar-refractivity contribution is 5.84. The van der Waals surface area contributed by atoms with Gasteiger partial charge in [-0.3, -0.25) is 4.94 Å². The van der Waals surface area contributed by atoms with Gasteiger partial charge in [-0.25, -0.2) is 0 Å². The van der Waals surface area contributed by atoms with Gasteiger partial charge in [0, 0.05) is 11.1 Å². The van der Waals surface area contributed by atoms with E-state index in [0.29, 0.717) is 5.41 Å². The van der Waals surface area contributed by atoms with Crippen molar-refractivity contribution in [3.8, 4) is 5.75 Å². The van der Waals surface area contributed by atoms with Crippen molar-refractivity contribution in [2.75, 3.05) is 6.54 Å². The molecule has 0 spiro atoms. The third kappa shape index (κ3) is 8.18. The van der Waals surface area contributed by atoms with E-state index in [1.807, 2.05) is 32.0 Å². The van der Waals surface area contributed by atoms with Crippen molar-refractivity contribution in [2.45, 2.75) is 80.2 Å². The molecule has 1 N–H and O–H groups in total. The van der Waals surface area contributed by atoms with Crippen molar-refractivity contribution < 1.29 is 9.47 Å². The largest absolute Gasteiger partial charge is 0.313 e. The van der Waals surface area contributed by atoms with Crippen LogP contribution in [0.5, 0.6) is 5.75 Å². The monoisotopic (exact) mass is 389 g/mol. The zero-order valence-corrected chi connectivity index (χ0v) is 18.8. The van der Waals surface area contributed by atoms with Gasteiger partial charge in [0.25, 0.3) is 0 Å². The predicted molar refractivity (Wildman–Crippen MR) is 120 cm³/mol. The van der Waals surface area contributed by atoms with Crippen molar-refractivity contribution in [2.24, 2.45) is 11.3 Å². The van der Waals surface area contributed by atoms with Gasteiger partial charge < -0.3 is 5.32 Å². The molecule has 2 aromatic carbocycles. The summed E-state index contributed by atoms with van der Waals surface area (Å²) >= 11 is 0. The summed E-state index contributed by atoms with van der Waals surface area (Å²) in [5.41, 5.74) is 1.80. The minimum atomic E-state index is 0.243. The quantitative estimate of drug-likeness (QED) is 0.575. The molecule has 28 heavy (non-hydrogen) atoms. The second-order valence-electron chi connectivity index (χ2n) is 8.40. The lowest BCUT2D eigenvalue weighted by atomic mass is 9.72. The number of nitrogens with one attached hydrogen (secondary N) is 1. The first-order valence-corrected chi connectivity index (χ1v) is 11.0. The number of hydrogen-bond acceptors (Lipinski definition) is 2. The maximum absolute atomic E-state index is 12.0. The molecule has 0 atom stereocenters. The Morgan fingerprint density at radius 2 is 1.57 bits per heavy atom. The number of rotatable bonds is 4. The molecule has 0 radical (unpaired) electrons. The first-order chi connectivity index (χ1) is 13.4. The molecular weight excluding hydrogens is 349 g/mol. The molecule has 2 aromatic rings. The summed E-state index contributed by atoms with van der Waals surface area (Å²) in [7, 11) is 0. The average Bonchev–Trinajstić information content (AvgIpc) is 2.73. The van der Waals surface area contributed by atoms with Crippen molar-refractivity contribution in [3.05, 3.63) is 42.0 Å². The highest BCUT2D eigenvalue weighted by Gasteiger charge is 2.25. The molecule has 158 valence electrons. The fourth-order valence-corrected chi connectivity index (χ4v) is 3.67. The van der Waals surface area contributed by atoms with E-state index in [4.69, 9.17) is 0 Å². The lowest BCUT2D eigenvalue weighted by Gasteiger charge is -2.33. The topological polar surface area (TPSA) is 21.3 Å². The van der Waals surface area contributed by atoms with E-state index in [1.165, 1.54) is 37.7 Å². The molecule has 3 heteroatoms. The van der Waals surface area contributed by atoms with E-state index in [-0.39, 0.29) is 5.75 Å². The summed E-state index contributed by atoms with van der Waals surface area (Å²) in [6.07, 6.45) is 7.38. The van der Waals surface area contributed by atoms with Gasteiger partial charge in [0.2, 0.25) is 0 Å². The van der Waals surface area contributed by atoms with Crippen LogP contribution in [0.2, 0.25) is 0 Å². The molecule has 0 heterocycles. The van der Waals surface area contributed by atoms with E-state index < -0.39 is 0 Å². The van der Waals surface area contributed by atoms with Crippen molar-refractivity contribution in [3.63, 3.8) is 0 Å². The van der Waals surface area contributed by atoms with Crippen molar-refractivity contribution in [1.82, 2.24) is 5.32 Å². The van der Waals surface area contributed by atoms with E-state index in [1.54, 1.807) is 12.1 Å². The Bertz CT molecular complexity index is 672. The predicted octanol–water partition coefficient (Wildman–Crippen LogP) is 7.85. The fraction of sp³-hybridized carbons (Fsp3) is 0.600. The molecular formula is C25H40FNO. The second-order valence-corrected chi connectivity index (χ2v) is 8.40. The number of halogens is 1.